The number of hydrogen-bond acceptors (Lipinski definition) is 4. The lowest BCUT2D eigenvalue weighted by Gasteiger charge is -2.28. The standard InChI is InChI=1S/C19H21N5/c1-2-19-21-11-16-7-9-23(13-18(16)22-19)12-15-3-5-17(6-4-15)24-10-8-20-14-24/h3-6,8,10-11,14H,2,7,9,12-13H2,1H3. The van der Waals surface area contributed by atoms with Crippen LogP contribution in [0.4, 0.5) is 0 Å². The molecule has 0 fully saturated rings. The molecule has 1 aliphatic rings. The Bertz CT molecular complexity index is 808. The van der Waals surface area contributed by atoms with Crippen molar-refractivity contribution < 1.29 is 0 Å². The molecule has 0 atom stereocenters. The molecule has 4 rings (SSSR count). The van der Waals surface area contributed by atoms with Gasteiger partial charge in [-0.05, 0) is 29.7 Å². The van der Waals surface area contributed by atoms with E-state index in [1.165, 1.54) is 16.8 Å². The van der Waals surface area contributed by atoms with Crippen LogP contribution in [0.15, 0.2) is 49.2 Å². The van der Waals surface area contributed by atoms with E-state index in [2.05, 4.69) is 46.1 Å². The molecule has 0 aliphatic carbocycles. The van der Waals surface area contributed by atoms with E-state index in [4.69, 9.17) is 4.98 Å². The number of fused-ring (bicyclic) bond motifs is 1. The summed E-state index contributed by atoms with van der Waals surface area (Å²) in [7, 11) is 0. The molecular formula is C19H21N5. The maximum Gasteiger partial charge on any atom is 0.128 e. The van der Waals surface area contributed by atoms with Gasteiger partial charge in [-0.3, -0.25) is 4.90 Å². The van der Waals surface area contributed by atoms with Gasteiger partial charge >= 0.3 is 0 Å². The summed E-state index contributed by atoms with van der Waals surface area (Å²) in [4.78, 5) is 15.7. The molecule has 0 N–H and O–H groups in total. The molecule has 0 saturated heterocycles. The highest BCUT2D eigenvalue weighted by Gasteiger charge is 2.18. The Morgan fingerprint density at radius 1 is 1.17 bits per heavy atom. The zero-order valence-corrected chi connectivity index (χ0v) is 13.9. The summed E-state index contributed by atoms with van der Waals surface area (Å²) in [6.07, 6.45) is 9.52. The Balaban J connectivity index is 1.46. The van der Waals surface area contributed by atoms with E-state index in [-0.39, 0.29) is 0 Å². The van der Waals surface area contributed by atoms with Crippen molar-refractivity contribution in [3.05, 3.63) is 71.8 Å². The highest BCUT2D eigenvalue weighted by atomic mass is 15.1. The van der Waals surface area contributed by atoms with Gasteiger partial charge < -0.3 is 4.57 Å². The lowest BCUT2D eigenvalue weighted by Crippen LogP contribution is -2.31. The van der Waals surface area contributed by atoms with Gasteiger partial charge in [0.05, 0.1) is 12.0 Å². The second-order valence-electron chi connectivity index (χ2n) is 6.21. The van der Waals surface area contributed by atoms with Crippen LogP contribution in [-0.2, 0) is 25.9 Å². The summed E-state index contributed by atoms with van der Waals surface area (Å²) < 4.78 is 2.02. The first-order valence-corrected chi connectivity index (χ1v) is 8.45. The van der Waals surface area contributed by atoms with E-state index in [0.717, 1.165) is 44.0 Å². The minimum absolute atomic E-state index is 0.892. The molecule has 1 aromatic carbocycles. The van der Waals surface area contributed by atoms with Gasteiger partial charge in [0.2, 0.25) is 0 Å². The second kappa shape index (κ2) is 6.53. The van der Waals surface area contributed by atoms with Crippen molar-refractivity contribution in [2.24, 2.45) is 0 Å². The zero-order valence-electron chi connectivity index (χ0n) is 13.9. The van der Waals surface area contributed by atoms with E-state index in [1.54, 1.807) is 6.20 Å². The Morgan fingerprint density at radius 2 is 2.04 bits per heavy atom. The maximum atomic E-state index is 4.71. The number of imidazole rings is 1. The Labute approximate surface area is 142 Å². The van der Waals surface area contributed by atoms with Crippen LogP contribution in [-0.4, -0.2) is 31.0 Å². The van der Waals surface area contributed by atoms with Crippen LogP contribution in [0.2, 0.25) is 0 Å². The zero-order chi connectivity index (χ0) is 16.4. The normalized spacial score (nSPS) is 14.5. The van der Waals surface area contributed by atoms with Crippen LogP contribution < -0.4 is 0 Å². The van der Waals surface area contributed by atoms with E-state index >= 15 is 0 Å². The average Bonchev–Trinajstić information content (AvgIpc) is 3.16. The van der Waals surface area contributed by atoms with Crippen LogP contribution in [0, 0.1) is 0 Å². The van der Waals surface area contributed by atoms with Crippen LogP contribution in [0.25, 0.3) is 5.69 Å². The third-order valence-electron chi connectivity index (χ3n) is 4.54. The van der Waals surface area contributed by atoms with Crippen LogP contribution >= 0.6 is 0 Å². The predicted molar refractivity (Wildman–Crippen MR) is 92.8 cm³/mol. The predicted octanol–water partition coefficient (Wildman–Crippen LogP) is 2.78. The van der Waals surface area contributed by atoms with Gasteiger partial charge in [0.1, 0.15) is 5.82 Å². The molecule has 0 bridgehead atoms. The fraction of sp³-hybridized carbons (Fsp3) is 0.316. The largest absolute Gasteiger partial charge is 0.306 e. The first-order valence-electron chi connectivity index (χ1n) is 8.45. The van der Waals surface area contributed by atoms with E-state index < -0.39 is 0 Å². The van der Waals surface area contributed by atoms with Gasteiger partial charge in [-0.2, -0.15) is 0 Å². The average molecular weight is 319 g/mol. The second-order valence-corrected chi connectivity index (χ2v) is 6.21. The summed E-state index contributed by atoms with van der Waals surface area (Å²) in [5, 5.41) is 0. The molecule has 3 aromatic rings. The number of hydrogen-bond donors (Lipinski definition) is 0. The van der Waals surface area contributed by atoms with E-state index in [9.17, 15) is 0 Å². The molecule has 0 radical (unpaired) electrons. The highest BCUT2D eigenvalue weighted by Crippen LogP contribution is 2.19. The lowest BCUT2D eigenvalue weighted by molar-refractivity contribution is 0.240. The topological polar surface area (TPSA) is 46.8 Å². The monoisotopic (exact) mass is 319 g/mol. The molecule has 3 heterocycles. The molecule has 1 aliphatic heterocycles. The summed E-state index contributed by atoms with van der Waals surface area (Å²) in [6, 6.07) is 8.68. The Kier molecular flexibility index (Phi) is 4.09. The Morgan fingerprint density at radius 3 is 2.79 bits per heavy atom. The van der Waals surface area contributed by atoms with Crippen molar-refractivity contribution in [1.82, 2.24) is 24.4 Å². The van der Waals surface area contributed by atoms with Crippen molar-refractivity contribution in [1.29, 1.82) is 0 Å². The smallest absolute Gasteiger partial charge is 0.128 e. The van der Waals surface area contributed by atoms with Crippen molar-refractivity contribution >= 4 is 0 Å². The Hall–Kier alpha value is -2.53. The molecule has 0 saturated carbocycles. The number of rotatable bonds is 4. The van der Waals surface area contributed by atoms with Crippen molar-refractivity contribution in [2.45, 2.75) is 32.9 Å². The first kappa shape index (κ1) is 15.0. The summed E-state index contributed by atoms with van der Waals surface area (Å²) in [5.74, 6) is 0.945. The van der Waals surface area contributed by atoms with Crippen LogP contribution in [0.3, 0.4) is 0 Å². The minimum Gasteiger partial charge on any atom is -0.306 e. The molecule has 2 aromatic heterocycles. The number of benzene rings is 1. The molecule has 5 heteroatoms. The SMILES string of the molecule is CCc1ncc2c(n1)CN(Cc1ccc(-n3ccnc3)cc1)CC2. The van der Waals surface area contributed by atoms with Gasteiger partial charge in [-0.25, -0.2) is 15.0 Å². The molecule has 0 spiro atoms. The van der Waals surface area contributed by atoms with Gasteiger partial charge in [0, 0.05) is 50.3 Å². The quantitative estimate of drug-likeness (QED) is 0.742. The molecule has 5 nitrogen and oxygen atoms in total. The maximum absolute atomic E-state index is 4.71. The summed E-state index contributed by atoms with van der Waals surface area (Å²) in [5.41, 5.74) is 4.97. The highest BCUT2D eigenvalue weighted by molar-refractivity contribution is 5.34. The summed E-state index contributed by atoms with van der Waals surface area (Å²) >= 11 is 0. The van der Waals surface area contributed by atoms with Crippen molar-refractivity contribution in [3.8, 4) is 5.69 Å². The molecule has 0 unspecified atom stereocenters. The third kappa shape index (κ3) is 3.08. The van der Waals surface area contributed by atoms with Crippen molar-refractivity contribution in [2.75, 3.05) is 6.54 Å². The van der Waals surface area contributed by atoms with E-state index in [0.29, 0.717) is 0 Å². The summed E-state index contributed by atoms with van der Waals surface area (Å²) in [6.45, 7) is 5.03. The molecule has 24 heavy (non-hydrogen) atoms. The number of nitrogens with zero attached hydrogens (tertiary/aromatic N) is 5. The van der Waals surface area contributed by atoms with Gasteiger partial charge in [0.15, 0.2) is 0 Å². The van der Waals surface area contributed by atoms with Crippen LogP contribution in [0.1, 0.15) is 29.6 Å². The number of aryl methyl sites for hydroxylation is 1. The lowest BCUT2D eigenvalue weighted by atomic mass is 10.1. The molecule has 122 valence electrons. The fourth-order valence-electron chi connectivity index (χ4n) is 3.15. The van der Waals surface area contributed by atoms with E-state index in [1.807, 2.05) is 23.3 Å². The van der Waals surface area contributed by atoms with Gasteiger partial charge in [-0.15, -0.1) is 0 Å². The molecular weight excluding hydrogens is 298 g/mol. The first-order chi connectivity index (χ1) is 11.8. The van der Waals surface area contributed by atoms with Gasteiger partial charge in [0.25, 0.3) is 0 Å². The minimum atomic E-state index is 0.892. The molecule has 0 amide bonds. The fourth-order valence-corrected chi connectivity index (χ4v) is 3.15. The third-order valence-corrected chi connectivity index (χ3v) is 4.54. The van der Waals surface area contributed by atoms with Gasteiger partial charge in [-0.1, -0.05) is 19.1 Å². The number of aromatic nitrogens is 4. The van der Waals surface area contributed by atoms with Crippen LogP contribution in [0.5, 0.6) is 0 Å². The van der Waals surface area contributed by atoms with Crippen molar-refractivity contribution in [3.63, 3.8) is 0 Å².